The quantitative estimate of drug-likeness (QED) is 0.652. The second-order valence-corrected chi connectivity index (χ2v) is 5.33. The van der Waals surface area contributed by atoms with E-state index in [1.807, 2.05) is 36.4 Å². The molecule has 104 valence electrons. The maximum absolute atomic E-state index is 7.72. The van der Waals surface area contributed by atoms with Crippen LogP contribution in [0.25, 0.3) is 0 Å². The molecule has 0 bridgehead atoms. The van der Waals surface area contributed by atoms with Crippen LogP contribution in [0, 0.1) is 5.41 Å². The van der Waals surface area contributed by atoms with Crippen LogP contribution in [0.15, 0.2) is 47.1 Å². The van der Waals surface area contributed by atoms with Crippen LogP contribution >= 0.6 is 15.9 Å². The molecule has 0 atom stereocenters. The van der Waals surface area contributed by atoms with Gasteiger partial charge in [0.05, 0.1) is 12.2 Å². The summed E-state index contributed by atoms with van der Waals surface area (Å²) in [6.45, 7) is 3.58. The number of benzene rings is 1. The SMILES string of the molecule is CCN(Cc1ccccn1)c1cc(Br)ccc1C(=N)N. The average molecular weight is 333 g/mol. The molecule has 5 heteroatoms. The molecular weight excluding hydrogens is 316 g/mol. The number of nitrogens with two attached hydrogens (primary N) is 1. The van der Waals surface area contributed by atoms with Crippen LogP contribution in [0.3, 0.4) is 0 Å². The molecule has 0 fully saturated rings. The van der Waals surface area contributed by atoms with Crippen LogP contribution in [-0.4, -0.2) is 17.4 Å². The average Bonchev–Trinajstić information content (AvgIpc) is 2.45. The van der Waals surface area contributed by atoms with Crippen LogP contribution in [0.1, 0.15) is 18.2 Å². The van der Waals surface area contributed by atoms with E-state index in [1.54, 1.807) is 6.20 Å². The topological polar surface area (TPSA) is 66.0 Å². The third kappa shape index (κ3) is 3.36. The molecule has 3 N–H and O–H groups in total. The number of rotatable bonds is 5. The minimum Gasteiger partial charge on any atom is -0.384 e. The Hall–Kier alpha value is -1.88. The van der Waals surface area contributed by atoms with Crippen LogP contribution in [0.2, 0.25) is 0 Å². The lowest BCUT2D eigenvalue weighted by atomic mass is 10.1. The summed E-state index contributed by atoms with van der Waals surface area (Å²) >= 11 is 3.47. The molecule has 0 aliphatic heterocycles. The lowest BCUT2D eigenvalue weighted by molar-refractivity contribution is 0.808. The lowest BCUT2D eigenvalue weighted by Gasteiger charge is -2.25. The van der Waals surface area contributed by atoms with E-state index in [4.69, 9.17) is 11.1 Å². The van der Waals surface area contributed by atoms with Crippen molar-refractivity contribution in [3.8, 4) is 0 Å². The molecule has 4 nitrogen and oxygen atoms in total. The van der Waals surface area contributed by atoms with Crippen molar-refractivity contribution in [2.75, 3.05) is 11.4 Å². The van der Waals surface area contributed by atoms with Gasteiger partial charge in [0.1, 0.15) is 5.84 Å². The van der Waals surface area contributed by atoms with Crippen molar-refractivity contribution < 1.29 is 0 Å². The van der Waals surface area contributed by atoms with E-state index in [9.17, 15) is 0 Å². The molecule has 0 unspecified atom stereocenters. The Balaban J connectivity index is 2.36. The Morgan fingerprint density at radius 1 is 1.35 bits per heavy atom. The van der Waals surface area contributed by atoms with Gasteiger partial charge < -0.3 is 10.6 Å². The first-order valence-corrected chi connectivity index (χ1v) is 7.20. The Labute approximate surface area is 127 Å². The van der Waals surface area contributed by atoms with E-state index in [1.165, 1.54) is 0 Å². The predicted octanol–water partition coefficient (Wildman–Crippen LogP) is 3.15. The Morgan fingerprint density at radius 3 is 2.75 bits per heavy atom. The summed E-state index contributed by atoms with van der Waals surface area (Å²) in [7, 11) is 0. The van der Waals surface area contributed by atoms with Crippen molar-refractivity contribution in [3.63, 3.8) is 0 Å². The molecule has 1 heterocycles. The molecule has 0 aliphatic rings. The standard InChI is InChI=1S/C15H17BrN4/c1-2-20(10-12-5-3-4-8-19-12)14-9-11(16)6-7-13(14)15(17)18/h3-9H,2,10H2,1H3,(H3,17,18). The summed E-state index contributed by atoms with van der Waals surface area (Å²) in [5.74, 6) is 0.0759. The lowest BCUT2D eigenvalue weighted by Crippen LogP contribution is -2.26. The van der Waals surface area contributed by atoms with E-state index in [0.29, 0.717) is 6.54 Å². The first-order valence-electron chi connectivity index (χ1n) is 6.40. The summed E-state index contributed by atoms with van der Waals surface area (Å²) in [6, 6.07) is 11.6. The molecule has 1 aromatic heterocycles. The van der Waals surface area contributed by atoms with Gasteiger partial charge in [0.15, 0.2) is 0 Å². The zero-order chi connectivity index (χ0) is 14.5. The van der Waals surface area contributed by atoms with Gasteiger partial charge in [-0.2, -0.15) is 0 Å². The minimum absolute atomic E-state index is 0.0759. The Kier molecular flexibility index (Phi) is 4.74. The van der Waals surface area contributed by atoms with E-state index < -0.39 is 0 Å². The minimum atomic E-state index is 0.0759. The first-order chi connectivity index (χ1) is 9.61. The molecule has 0 amide bonds. The van der Waals surface area contributed by atoms with Crippen LogP contribution in [0.4, 0.5) is 5.69 Å². The number of halogens is 1. The van der Waals surface area contributed by atoms with E-state index >= 15 is 0 Å². The molecule has 0 spiro atoms. The number of aromatic nitrogens is 1. The predicted molar refractivity (Wildman–Crippen MR) is 86.1 cm³/mol. The van der Waals surface area contributed by atoms with Gasteiger partial charge in [-0.1, -0.05) is 22.0 Å². The molecule has 0 radical (unpaired) electrons. The first kappa shape index (κ1) is 14.5. The maximum atomic E-state index is 7.72. The number of nitrogens with one attached hydrogen (secondary N) is 1. The van der Waals surface area contributed by atoms with Crippen molar-refractivity contribution in [2.24, 2.45) is 5.73 Å². The number of hydrogen-bond donors (Lipinski definition) is 2. The fourth-order valence-electron chi connectivity index (χ4n) is 2.05. The summed E-state index contributed by atoms with van der Waals surface area (Å²) in [6.07, 6.45) is 1.79. The van der Waals surface area contributed by atoms with Crippen LogP contribution < -0.4 is 10.6 Å². The highest BCUT2D eigenvalue weighted by Gasteiger charge is 2.13. The Bertz CT molecular complexity index is 598. The molecule has 2 rings (SSSR count). The van der Waals surface area contributed by atoms with Gasteiger partial charge in [-0.3, -0.25) is 10.4 Å². The van der Waals surface area contributed by atoms with Crippen molar-refractivity contribution in [1.82, 2.24) is 4.98 Å². The molecule has 20 heavy (non-hydrogen) atoms. The molecule has 1 aromatic carbocycles. The summed E-state index contributed by atoms with van der Waals surface area (Å²) in [4.78, 5) is 6.51. The van der Waals surface area contributed by atoms with Gasteiger partial charge in [-0.25, -0.2) is 0 Å². The second kappa shape index (κ2) is 6.52. The van der Waals surface area contributed by atoms with Gasteiger partial charge in [0.25, 0.3) is 0 Å². The zero-order valence-electron chi connectivity index (χ0n) is 11.3. The van der Waals surface area contributed by atoms with Crippen molar-refractivity contribution >= 4 is 27.5 Å². The Morgan fingerprint density at radius 2 is 2.15 bits per heavy atom. The molecule has 0 saturated heterocycles. The molecule has 0 saturated carbocycles. The van der Waals surface area contributed by atoms with Gasteiger partial charge in [-0.15, -0.1) is 0 Å². The monoisotopic (exact) mass is 332 g/mol. The van der Waals surface area contributed by atoms with Gasteiger partial charge in [-0.05, 0) is 37.3 Å². The molecule has 0 aliphatic carbocycles. The highest BCUT2D eigenvalue weighted by atomic mass is 79.9. The van der Waals surface area contributed by atoms with Crippen molar-refractivity contribution in [3.05, 3.63) is 58.3 Å². The third-order valence-electron chi connectivity index (χ3n) is 3.05. The number of nitrogens with zero attached hydrogens (tertiary/aromatic N) is 2. The zero-order valence-corrected chi connectivity index (χ0v) is 12.9. The fourth-order valence-corrected chi connectivity index (χ4v) is 2.40. The van der Waals surface area contributed by atoms with E-state index in [2.05, 4.69) is 32.7 Å². The molecule has 2 aromatic rings. The highest BCUT2D eigenvalue weighted by molar-refractivity contribution is 9.10. The number of nitrogen functional groups attached to an aromatic ring is 1. The molecular formula is C15H17BrN4. The summed E-state index contributed by atoms with van der Waals surface area (Å²) in [5, 5.41) is 7.72. The van der Waals surface area contributed by atoms with Crippen LogP contribution in [-0.2, 0) is 6.54 Å². The fraction of sp³-hybridized carbons (Fsp3) is 0.200. The summed E-state index contributed by atoms with van der Waals surface area (Å²) < 4.78 is 0.969. The van der Waals surface area contributed by atoms with Gasteiger partial charge >= 0.3 is 0 Å². The van der Waals surface area contributed by atoms with Crippen molar-refractivity contribution in [2.45, 2.75) is 13.5 Å². The van der Waals surface area contributed by atoms with Gasteiger partial charge in [0.2, 0.25) is 0 Å². The maximum Gasteiger partial charge on any atom is 0.124 e. The van der Waals surface area contributed by atoms with Crippen LogP contribution in [0.5, 0.6) is 0 Å². The number of anilines is 1. The number of pyridine rings is 1. The largest absolute Gasteiger partial charge is 0.384 e. The third-order valence-corrected chi connectivity index (χ3v) is 3.54. The van der Waals surface area contributed by atoms with Gasteiger partial charge in [0, 0.05) is 28.5 Å². The summed E-state index contributed by atoms with van der Waals surface area (Å²) in [5.41, 5.74) is 8.35. The smallest absolute Gasteiger partial charge is 0.124 e. The normalized spacial score (nSPS) is 10.3. The number of hydrogen-bond acceptors (Lipinski definition) is 3. The highest BCUT2D eigenvalue weighted by Crippen LogP contribution is 2.26. The second-order valence-electron chi connectivity index (χ2n) is 4.41. The van der Waals surface area contributed by atoms with Crippen molar-refractivity contribution in [1.29, 1.82) is 5.41 Å². The van der Waals surface area contributed by atoms with E-state index in [-0.39, 0.29) is 5.84 Å². The number of amidine groups is 1. The van der Waals surface area contributed by atoms with E-state index in [0.717, 1.165) is 28.0 Å².